The Morgan fingerprint density at radius 2 is 1.89 bits per heavy atom. The molecule has 2 rings (SSSR count). The fourth-order valence-corrected chi connectivity index (χ4v) is 3.49. The second kappa shape index (κ2) is 7.43. The van der Waals surface area contributed by atoms with E-state index >= 15 is 0 Å². The lowest BCUT2D eigenvalue weighted by Gasteiger charge is -2.26. The molecule has 1 amide bonds. The normalized spacial score (nSPS) is 17.5. The zero-order valence-corrected chi connectivity index (χ0v) is 12.0. The van der Waals surface area contributed by atoms with Crippen molar-refractivity contribution in [2.45, 2.75) is 37.0 Å². The molecule has 1 aromatic rings. The van der Waals surface area contributed by atoms with Crippen LogP contribution < -0.4 is 0 Å². The van der Waals surface area contributed by atoms with Crippen LogP contribution in [0.1, 0.15) is 32.1 Å². The number of rotatable bonds is 6. The lowest BCUT2D eigenvalue weighted by atomic mass is 10.1. The molecule has 1 aliphatic heterocycles. The van der Waals surface area contributed by atoms with Gasteiger partial charge in [0.15, 0.2) is 0 Å². The van der Waals surface area contributed by atoms with E-state index in [0.29, 0.717) is 12.2 Å². The molecule has 1 unspecified atom stereocenters. The second-order valence-corrected chi connectivity index (χ2v) is 6.48. The van der Waals surface area contributed by atoms with Crippen molar-refractivity contribution >= 4 is 16.7 Å². The molecule has 1 heterocycles. The van der Waals surface area contributed by atoms with E-state index in [0.717, 1.165) is 43.7 Å². The Balaban J connectivity index is 1.67. The van der Waals surface area contributed by atoms with Gasteiger partial charge in [-0.3, -0.25) is 9.00 Å². The van der Waals surface area contributed by atoms with Crippen molar-refractivity contribution in [2.24, 2.45) is 0 Å². The third-order valence-electron chi connectivity index (χ3n) is 3.44. The molecule has 0 spiro atoms. The van der Waals surface area contributed by atoms with Crippen LogP contribution in [0.3, 0.4) is 0 Å². The molecular formula is C15H21NO2S. The summed E-state index contributed by atoms with van der Waals surface area (Å²) in [5.41, 5.74) is 0. The van der Waals surface area contributed by atoms with E-state index in [1.165, 1.54) is 0 Å². The molecule has 104 valence electrons. The molecule has 1 aromatic carbocycles. The number of piperidine rings is 1. The van der Waals surface area contributed by atoms with Crippen LogP contribution in [0, 0.1) is 0 Å². The van der Waals surface area contributed by atoms with Crippen LogP contribution in [0.25, 0.3) is 0 Å². The van der Waals surface area contributed by atoms with Gasteiger partial charge in [-0.1, -0.05) is 18.2 Å². The first kappa shape index (κ1) is 14.3. The van der Waals surface area contributed by atoms with Gasteiger partial charge in [-0.2, -0.15) is 0 Å². The average Bonchev–Trinajstić information content (AvgIpc) is 2.46. The predicted molar refractivity (Wildman–Crippen MR) is 77.4 cm³/mol. The van der Waals surface area contributed by atoms with E-state index in [4.69, 9.17) is 0 Å². The summed E-state index contributed by atoms with van der Waals surface area (Å²) in [6.07, 6.45) is 4.72. The van der Waals surface area contributed by atoms with Gasteiger partial charge < -0.3 is 4.90 Å². The van der Waals surface area contributed by atoms with Crippen LogP contribution in [-0.2, 0) is 15.6 Å². The molecule has 0 bridgehead atoms. The maximum absolute atomic E-state index is 12.0. The van der Waals surface area contributed by atoms with E-state index in [2.05, 4.69) is 0 Å². The molecule has 1 saturated heterocycles. The topological polar surface area (TPSA) is 37.4 Å². The van der Waals surface area contributed by atoms with Gasteiger partial charge in [-0.25, -0.2) is 0 Å². The highest BCUT2D eigenvalue weighted by Crippen LogP contribution is 2.12. The number of carbonyl (C=O) groups excluding carboxylic acids is 1. The molecule has 3 nitrogen and oxygen atoms in total. The van der Waals surface area contributed by atoms with Crippen molar-refractivity contribution in [1.29, 1.82) is 0 Å². The van der Waals surface area contributed by atoms with Gasteiger partial charge in [0.2, 0.25) is 5.91 Å². The number of carbonyl (C=O) groups is 1. The van der Waals surface area contributed by atoms with Crippen LogP contribution in [0.4, 0.5) is 0 Å². The zero-order chi connectivity index (χ0) is 13.5. The average molecular weight is 279 g/mol. The minimum Gasteiger partial charge on any atom is -0.343 e. The molecule has 4 heteroatoms. The number of unbranched alkanes of at least 4 members (excludes halogenated alkanes) is 1. The van der Waals surface area contributed by atoms with E-state index in [1.807, 2.05) is 35.2 Å². The van der Waals surface area contributed by atoms with Crippen LogP contribution >= 0.6 is 0 Å². The van der Waals surface area contributed by atoms with E-state index < -0.39 is 10.8 Å². The smallest absolute Gasteiger partial charge is 0.222 e. The summed E-state index contributed by atoms with van der Waals surface area (Å²) in [5, 5.41) is 0. The van der Waals surface area contributed by atoms with Crippen molar-refractivity contribution in [2.75, 3.05) is 18.8 Å². The third kappa shape index (κ3) is 4.46. The Bertz CT molecular complexity index is 433. The summed E-state index contributed by atoms with van der Waals surface area (Å²) >= 11 is 0. The van der Waals surface area contributed by atoms with Crippen LogP contribution in [-0.4, -0.2) is 33.9 Å². The summed E-state index contributed by atoms with van der Waals surface area (Å²) in [6.45, 7) is 1.73. The quantitative estimate of drug-likeness (QED) is 0.751. The summed E-state index contributed by atoms with van der Waals surface area (Å²) in [5.74, 6) is 0.974. The Morgan fingerprint density at radius 1 is 1.11 bits per heavy atom. The predicted octanol–water partition coefficient (Wildman–Crippen LogP) is 2.59. The SMILES string of the molecule is O=C1CCCCN1CCCCS(=O)c1ccccc1. The van der Waals surface area contributed by atoms with Crippen LogP contribution in [0.15, 0.2) is 35.2 Å². The maximum Gasteiger partial charge on any atom is 0.222 e. The monoisotopic (exact) mass is 279 g/mol. The lowest BCUT2D eigenvalue weighted by molar-refractivity contribution is -0.133. The zero-order valence-electron chi connectivity index (χ0n) is 11.2. The number of likely N-dealkylation sites (tertiary alicyclic amines) is 1. The highest BCUT2D eigenvalue weighted by molar-refractivity contribution is 7.85. The molecule has 0 aromatic heterocycles. The Kier molecular flexibility index (Phi) is 5.58. The summed E-state index contributed by atoms with van der Waals surface area (Å²) < 4.78 is 12.0. The van der Waals surface area contributed by atoms with Gasteiger partial charge in [0.1, 0.15) is 0 Å². The van der Waals surface area contributed by atoms with Crippen molar-refractivity contribution in [1.82, 2.24) is 4.90 Å². The first-order valence-electron chi connectivity index (χ1n) is 6.98. The Hall–Kier alpha value is -1.16. The number of hydrogen-bond acceptors (Lipinski definition) is 2. The third-order valence-corrected chi connectivity index (χ3v) is 4.89. The highest BCUT2D eigenvalue weighted by Gasteiger charge is 2.17. The Labute approximate surface area is 117 Å². The van der Waals surface area contributed by atoms with E-state index in [-0.39, 0.29) is 5.91 Å². The minimum absolute atomic E-state index is 0.287. The maximum atomic E-state index is 12.0. The number of hydrogen-bond donors (Lipinski definition) is 0. The summed E-state index contributed by atoms with van der Waals surface area (Å²) in [6, 6.07) is 9.58. The summed E-state index contributed by atoms with van der Waals surface area (Å²) in [7, 11) is -0.902. The first-order valence-corrected chi connectivity index (χ1v) is 8.30. The van der Waals surface area contributed by atoms with Gasteiger partial charge in [-0.05, 0) is 37.8 Å². The van der Waals surface area contributed by atoms with Crippen molar-refractivity contribution in [3.05, 3.63) is 30.3 Å². The van der Waals surface area contributed by atoms with Crippen molar-refractivity contribution < 1.29 is 9.00 Å². The molecule has 0 radical (unpaired) electrons. The van der Waals surface area contributed by atoms with Crippen molar-refractivity contribution in [3.8, 4) is 0 Å². The van der Waals surface area contributed by atoms with Gasteiger partial charge in [0, 0.05) is 30.2 Å². The Morgan fingerprint density at radius 3 is 2.63 bits per heavy atom. The van der Waals surface area contributed by atoms with Crippen LogP contribution in [0.5, 0.6) is 0 Å². The molecule has 0 saturated carbocycles. The molecular weight excluding hydrogens is 258 g/mol. The number of nitrogens with zero attached hydrogens (tertiary/aromatic N) is 1. The van der Waals surface area contributed by atoms with Crippen molar-refractivity contribution in [3.63, 3.8) is 0 Å². The number of amides is 1. The minimum atomic E-state index is -0.902. The molecule has 0 aliphatic carbocycles. The fourth-order valence-electron chi connectivity index (χ4n) is 2.32. The first-order chi connectivity index (χ1) is 9.27. The van der Waals surface area contributed by atoms with Crippen LogP contribution in [0.2, 0.25) is 0 Å². The standard InChI is InChI=1S/C15H21NO2S/c17-15-10-4-5-11-16(15)12-6-7-13-19(18)14-8-2-1-3-9-14/h1-3,8-9H,4-7,10-13H2. The van der Waals surface area contributed by atoms with Gasteiger partial charge in [0.25, 0.3) is 0 Å². The number of benzene rings is 1. The molecule has 1 aliphatic rings. The van der Waals surface area contributed by atoms with Gasteiger partial charge >= 0.3 is 0 Å². The molecule has 0 N–H and O–H groups in total. The molecule has 1 fully saturated rings. The molecule has 1 atom stereocenters. The largest absolute Gasteiger partial charge is 0.343 e. The van der Waals surface area contributed by atoms with E-state index in [1.54, 1.807) is 0 Å². The lowest BCUT2D eigenvalue weighted by Crippen LogP contribution is -2.36. The summed E-state index contributed by atoms with van der Waals surface area (Å²) in [4.78, 5) is 14.5. The van der Waals surface area contributed by atoms with Gasteiger partial charge in [0.05, 0.1) is 10.8 Å². The molecule has 19 heavy (non-hydrogen) atoms. The van der Waals surface area contributed by atoms with Gasteiger partial charge in [-0.15, -0.1) is 0 Å². The van der Waals surface area contributed by atoms with E-state index in [9.17, 15) is 9.00 Å². The fraction of sp³-hybridized carbons (Fsp3) is 0.533. The second-order valence-electron chi connectivity index (χ2n) is 4.91. The highest BCUT2D eigenvalue weighted by atomic mass is 32.2.